The van der Waals surface area contributed by atoms with E-state index >= 15 is 0 Å². The lowest BCUT2D eigenvalue weighted by Gasteiger charge is -2.32. The van der Waals surface area contributed by atoms with Crippen molar-refractivity contribution in [1.82, 2.24) is 20.3 Å². The first-order valence-electron chi connectivity index (χ1n) is 9.08. The number of alkyl halides is 3. The number of anilines is 2. The summed E-state index contributed by atoms with van der Waals surface area (Å²) in [6.45, 7) is 3.06. The van der Waals surface area contributed by atoms with Crippen LogP contribution in [0.2, 0.25) is 0 Å². The average molecular weight is 467 g/mol. The minimum absolute atomic E-state index is 0.0405. The van der Waals surface area contributed by atoms with Gasteiger partial charge in [0.25, 0.3) is 0 Å². The molecule has 0 unspecified atom stereocenters. The van der Waals surface area contributed by atoms with E-state index < -0.39 is 11.9 Å². The van der Waals surface area contributed by atoms with Crippen molar-refractivity contribution in [2.75, 3.05) is 36.4 Å². The van der Waals surface area contributed by atoms with Gasteiger partial charge in [-0.25, -0.2) is 4.98 Å². The number of hydrogen-bond donors (Lipinski definition) is 2. The molecule has 0 aliphatic carbocycles. The molecule has 10 heteroatoms. The van der Waals surface area contributed by atoms with E-state index in [9.17, 15) is 13.2 Å². The van der Waals surface area contributed by atoms with Crippen LogP contribution in [0.3, 0.4) is 0 Å². The Morgan fingerprint density at radius 1 is 1.07 bits per heavy atom. The summed E-state index contributed by atoms with van der Waals surface area (Å²) in [5.74, 6) is 0. The third-order valence-corrected chi connectivity index (χ3v) is 5.46. The Morgan fingerprint density at radius 2 is 1.79 bits per heavy atom. The Balaban J connectivity index is 1.65. The van der Waals surface area contributed by atoms with Gasteiger partial charge in [0.2, 0.25) is 0 Å². The molecule has 0 bridgehead atoms. The zero-order valence-corrected chi connectivity index (χ0v) is 16.9. The number of nitrogens with zero attached hydrogens (tertiary/aromatic N) is 4. The number of piperazine rings is 1. The van der Waals surface area contributed by atoms with Crippen LogP contribution in [-0.2, 0) is 12.7 Å². The maximum absolute atomic E-state index is 13.4. The Morgan fingerprint density at radius 3 is 2.52 bits per heavy atom. The molecular weight excluding hydrogens is 449 g/mol. The Kier molecular flexibility index (Phi) is 5.55. The molecule has 0 amide bonds. The highest BCUT2D eigenvalue weighted by Crippen LogP contribution is 2.42. The number of fused-ring (bicyclic) bond motifs is 1. The molecule has 152 valence electrons. The molecule has 2 aromatic heterocycles. The Hall–Kier alpha value is -2.46. The minimum Gasteiger partial charge on any atom is -0.378 e. The van der Waals surface area contributed by atoms with Crippen molar-refractivity contribution in [3.63, 3.8) is 0 Å². The predicted octanol–water partition coefficient (Wildman–Crippen LogP) is 3.83. The molecule has 6 nitrogen and oxygen atoms in total. The van der Waals surface area contributed by atoms with Crippen LogP contribution in [0.15, 0.2) is 41.3 Å². The van der Waals surface area contributed by atoms with Gasteiger partial charge in [0.1, 0.15) is 0 Å². The van der Waals surface area contributed by atoms with Gasteiger partial charge in [0, 0.05) is 45.1 Å². The Labute approximate surface area is 173 Å². The van der Waals surface area contributed by atoms with Crippen molar-refractivity contribution in [1.29, 1.82) is 0 Å². The van der Waals surface area contributed by atoms with Crippen LogP contribution in [-0.4, -0.2) is 41.1 Å². The standard InChI is InChI=1S/C19H18BrF3N6/c20-16-17(29-7-5-24-6-8-29)15(11-28-18(16)19(21,22)23)27-10-12-1-2-13-14(9-12)26-4-3-25-13/h1-4,9,11,24,27H,5-8,10H2. The molecule has 3 heterocycles. The van der Waals surface area contributed by atoms with Crippen molar-refractivity contribution in [3.8, 4) is 0 Å². The van der Waals surface area contributed by atoms with Gasteiger partial charge in [-0.05, 0) is 33.6 Å². The van der Waals surface area contributed by atoms with Crippen molar-refractivity contribution in [3.05, 3.63) is 52.5 Å². The first-order valence-corrected chi connectivity index (χ1v) is 9.87. The molecule has 1 fully saturated rings. The molecule has 1 aliphatic rings. The molecule has 1 aliphatic heterocycles. The molecule has 1 saturated heterocycles. The summed E-state index contributed by atoms with van der Waals surface area (Å²) in [5, 5.41) is 6.46. The lowest BCUT2D eigenvalue weighted by molar-refractivity contribution is -0.141. The fraction of sp³-hybridized carbons (Fsp3) is 0.316. The highest BCUT2D eigenvalue weighted by molar-refractivity contribution is 9.10. The quantitative estimate of drug-likeness (QED) is 0.609. The van der Waals surface area contributed by atoms with E-state index in [1.807, 2.05) is 23.1 Å². The van der Waals surface area contributed by atoms with E-state index in [1.54, 1.807) is 12.4 Å². The molecule has 2 N–H and O–H groups in total. The monoisotopic (exact) mass is 466 g/mol. The van der Waals surface area contributed by atoms with Crippen molar-refractivity contribution in [2.45, 2.75) is 12.7 Å². The molecule has 29 heavy (non-hydrogen) atoms. The molecule has 3 aromatic rings. The fourth-order valence-corrected chi connectivity index (χ4v) is 4.11. The van der Waals surface area contributed by atoms with Gasteiger partial charge >= 0.3 is 6.18 Å². The molecule has 1 aromatic carbocycles. The van der Waals surface area contributed by atoms with Crippen LogP contribution in [0, 0.1) is 0 Å². The summed E-state index contributed by atoms with van der Waals surface area (Å²) >= 11 is 3.16. The van der Waals surface area contributed by atoms with Gasteiger partial charge in [0.15, 0.2) is 5.69 Å². The fourth-order valence-electron chi connectivity index (χ4n) is 3.32. The molecule has 0 spiro atoms. The number of pyridine rings is 1. The largest absolute Gasteiger partial charge is 0.434 e. The van der Waals surface area contributed by atoms with E-state index in [4.69, 9.17) is 0 Å². The van der Waals surface area contributed by atoms with Gasteiger partial charge in [-0.3, -0.25) is 9.97 Å². The second-order valence-electron chi connectivity index (χ2n) is 6.65. The van der Waals surface area contributed by atoms with E-state index in [0.29, 0.717) is 44.1 Å². The van der Waals surface area contributed by atoms with Crippen LogP contribution in [0.4, 0.5) is 24.5 Å². The van der Waals surface area contributed by atoms with Gasteiger partial charge in [-0.1, -0.05) is 6.07 Å². The normalized spacial score (nSPS) is 15.0. The number of benzene rings is 1. The number of hydrogen-bond acceptors (Lipinski definition) is 6. The van der Waals surface area contributed by atoms with E-state index in [1.165, 1.54) is 6.20 Å². The Bertz CT molecular complexity index is 1020. The SMILES string of the molecule is FC(F)(F)c1ncc(NCc2ccc3nccnc3c2)c(N2CCNCC2)c1Br. The van der Waals surface area contributed by atoms with E-state index in [-0.39, 0.29) is 4.47 Å². The summed E-state index contributed by atoms with van der Waals surface area (Å²) in [7, 11) is 0. The van der Waals surface area contributed by atoms with Gasteiger partial charge in [0.05, 0.1) is 33.1 Å². The second kappa shape index (κ2) is 8.11. The second-order valence-corrected chi connectivity index (χ2v) is 7.44. The maximum atomic E-state index is 13.4. The topological polar surface area (TPSA) is 66.0 Å². The van der Waals surface area contributed by atoms with Crippen LogP contribution < -0.4 is 15.5 Å². The third-order valence-electron chi connectivity index (χ3n) is 4.71. The first-order chi connectivity index (χ1) is 13.9. The molecular formula is C19H18BrF3N6. The highest BCUT2D eigenvalue weighted by Gasteiger charge is 2.37. The van der Waals surface area contributed by atoms with E-state index in [0.717, 1.165) is 16.6 Å². The summed E-state index contributed by atoms with van der Waals surface area (Å²) in [5.41, 5.74) is 2.61. The van der Waals surface area contributed by atoms with Gasteiger partial charge in [-0.2, -0.15) is 13.2 Å². The van der Waals surface area contributed by atoms with Crippen molar-refractivity contribution in [2.24, 2.45) is 0 Å². The van der Waals surface area contributed by atoms with Gasteiger partial charge < -0.3 is 15.5 Å². The highest BCUT2D eigenvalue weighted by atomic mass is 79.9. The molecule has 0 atom stereocenters. The molecule has 0 radical (unpaired) electrons. The lowest BCUT2D eigenvalue weighted by Crippen LogP contribution is -2.44. The summed E-state index contributed by atoms with van der Waals surface area (Å²) < 4.78 is 40.1. The minimum atomic E-state index is -4.53. The zero-order chi connectivity index (χ0) is 20.4. The third kappa shape index (κ3) is 4.27. The van der Waals surface area contributed by atoms with Crippen LogP contribution in [0.5, 0.6) is 0 Å². The smallest absolute Gasteiger partial charge is 0.378 e. The van der Waals surface area contributed by atoms with Crippen LogP contribution in [0.25, 0.3) is 11.0 Å². The zero-order valence-electron chi connectivity index (χ0n) is 15.3. The predicted molar refractivity (Wildman–Crippen MR) is 109 cm³/mol. The number of aromatic nitrogens is 3. The van der Waals surface area contributed by atoms with Gasteiger partial charge in [-0.15, -0.1) is 0 Å². The molecule has 0 saturated carbocycles. The van der Waals surface area contributed by atoms with Crippen LogP contribution in [0.1, 0.15) is 11.3 Å². The van der Waals surface area contributed by atoms with Crippen molar-refractivity contribution >= 4 is 38.3 Å². The average Bonchev–Trinajstić information content (AvgIpc) is 2.71. The number of rotatable bonds is 4. The van der Waals surface area contributed by atoms with E-state index in [2.05, 4.69) is 41.5 Å². The van der Waals surface area contributed by atoms with Crippen molar-refractivity contribution < 1.29 is 13.2 Å². The van der Waals surface area contributed by atoms with Crippen LogP contribution >= 0.6 is 15.9 Å². The number of nitrogens with one attached hydrogen (secondary N) is 2. The number of halogens is 4. The first kappa shape index (κ1) is 19.8. The summed E-state index contributed by atoms with van der Waals surface area (Å²) in [6, 6.07) is 5.70. The maximum Gasteiger partial charge on any atom is 0.434 e. The lowest BCUT2D eigenvalue weighted by atomic mass is 10.1. The summed E-state index contributed by atoms with van der Waals surface area (Å²) in [6.07, 6.45) is -0.0205. The molecule has 4 rings (SSSR count). The summed E-state index contributed by atoms with van der Waals surface area (Å²) in [4.78, 5) is 14.1.